The molecule has 3 aromatic heterocycles. The first-order valence-electron chi connectivity index (χ1n) is 18.9. The molecule has 262 valence electrons. The smallest absolute Gasteiger partial charge is 0.238 e. The van der Waals surface area contributed by atoms with E-state index >= 15 is 0 Å². The van der Waals surface area contributed by atoms with Crippen LogP contribution in [0, 0.1) is 0 Å². The van der Waals surface area contributed by atoms with E-state index in [0.717, 1.165) is 60.8 Å². The van der Waals surface area contributed by atoms with Crippen molar-refractivity contribution in [3.63, 3.8) is 0 Å². The maximum atomic E-state index is 5.38. The molecule has 0 saturated heterocycles. The third-order valence-corrected chi connectivity index (χ3v) is 10.8. The van der Waals surface area contributed by atoms with Crippen LogP contribution in [0.15, 0.2) is 200 Å². The monoisotopic (exact) mass is 715 g/mol. The molecular weight excluding hydrogens is 683 g/mol. The number of benzene rings is 8. The van der Waals surface area contributed by atoms with Crippen LogP contribution in [0.2, 0.25) is 0 Å². The minimum Gasteiger partial charge on any atom is -0.307 e. The number of fused-ring (bicyclic) bond motifs is 7. The molecule has 0 N–H and O–H groups in total. The molecule has 0 saturated carbocycles. The summed E-state index contributed by atoms with van der Waals surface area (Å²) in [5.41, 5.74) is 11.8. The van der Waals surface area contributed by atoms with Gasteiger partial charge in [0.15, 0.2) is 11.6 Å². The van der Waals surface area contributed by atoms with E-state index in [1.165, 1.54) is 21.9 Å². The lowest BCUT2D eigenvalue weighted by atomic mass is 9.96. The van der Waals surface area contributed by atoms with Crippen LogP contribution in [0.3, 0.4) is 0 Å². The number of aromatic nitrogens is 5. The van der Waals surface area contributed by atoms with E-state index in [4.69, 9.17) is 15.0 Å². The third-order valence-electron chi connectivity index (χ3n) is 10.8. The van der Waals surface area contributed by atoms with Gasteiger partial charge in [0.1, 0.15) is 0 Å². The predicted molar refractivity (Wildman–Crippen MR) is 230 cm³/mol. The molecule has 0 radical (unpaired) electrons. The van der Waals surface area contributed by atoms with Gasteiger partial charge in [-0.05, 0) is 58.7 Å². The Morgan fingerprint density at radius 3 is 1.54 bits per heavy atom. The Balaban J connectivity index is 1.30. The fourth-order valence-corrected chi connectivity index (χ4v) is 8.27. The van der Waals surface area contributed by atoms with E-state index in [-0.39, 0.29) is 0 Å². The van der Waals surface area contributed by atoms with Gasteiger partial charge < -0.3 is 4.57 Å². The lowest BCUT2D eigenvalue weighted by Gasteiger charge is -2.14. The molecule has 0 unspecified atom stereocenters. The minimum atomic E-state index is 0.559. The molecule has 11 rings (SSSR count). The quantitative estimate of drug-likeness (QED) is 0.172. The van der Waals surface area contributed by atoms with Gasteiger partial charge in [0.25, 0.3) is 0 Å². The van der Waals surface area contributed by atoms with Crippen molar-refractivity contribution in [3.05, 3.63) is 200 Å². The number of para-hydroxylation sites is 3. The van der Waals surface area contributed by atoms with Crippen molar-refractivity contribution in [1.82, 2.24) is 24.1 Å². The maximum absolute atomic E-state index is 5.38. The summed E-state index contributed by atoms with van der Waals surface area (Å²) >= 11 is 0. The van der Waals surface area contributed by atoms with Gasteiger partial charge >= 0.3 is 0 Å². The molecule has 0 fully saturated rings. The van der Waals surface area contributed by atoms with Crippen molar-refractivity contribution in [1.29, 1.82) is 0 Å². The van der Waals surface area contributed by atoms with Crippen LogP contribution in [-0.2, 0) is 0 Å². The SMILES string of the molecule is c1ccc(-c2cccc(-c3nc(-c4ccccc4)nc(-n4c5ccccc5c5cc(-c6ccccc6)c6c7ccccc7n(-c7ccccc7)c6c54)n3)c2)cc1. The van der Waals surface area contributed by atoms with E-state index in [1.807, 2.05) is 24.3 Å². The average Bonchev–Trinajstić information content (AvgIpc) is 3.81. The third kappa shape index (κ3) is 5.13. The number of rotatable bonds is 6. The zero-order valence-electron chi connectivity index (χ0n) is 30.3. The highest BCUT2D eigenvalue weighted by Gasteiger charge is 2.26. The maximum Gasteiger partial charge on any atom is 0.238 e. The Labute approximate surface area is 323 Å². The Bertz CT molecular complexity index is 3220. The molecule has 0 aliphatic carbocycles. The number of hydrogen-bond donors (Lipinski definition) is 0. The molecule has 0 spiro atoms. The molecule has 0 aliphatic rings. The van der Waals surface area contributed by atoms with Gasteiger partial charge in [-0.2, -0.15) is 9.97 Å². The van der Waals surface area contributed by atoms with Crippen LogP contribution in [-0.4, -0.2) is 24.1 Å². The average molecular weight is 716 g/mol. The summed E-state index contributed by atoms with van der Waals surface area (Å²) in [6.07, 6.45) is 0. The van der Waals surface area contributed by atoms with Crippen LogP contribution in [0.4, 0.5) is 0 Å². The van der Waals surface area contributed by atoms with E-state index in [2.05, 4.69) is 185 Å². The second-order valence-corrected chi connectivity index (χ2v) is 14.0. The first-order valence-corrected chi connectivity index (χ1v) is 18.9. The van der Waals surface area contributed by atoms with Crippen LogP contribution in [0.1, 0.15) is 0 Å². The number of nitrogens with zero attached hydrogens (tertiary/aromatic N) is 5. The fraction of sp³-hybridized carbons (Fsp3) is 0. The van der Waals surface area contributed by atoms with Gasteiger partial charge in [-0.15, -0.1) is 0 Å². The Hall–Kier alpha value is -7.63. The van der Waals surface area contributed by atoms with Crippen LogP contribution >= 0.6 is 0 Å². The number of hydrogen-bond acceptors (Lipinski definition) is 3. The van der Waals surface area contributed by atoms with Crippen molar-refractivity contribution in [2.75, 3.05) is 0 Å². The van der Waals surface area contributed by atoms with Crippen molar-refractivity contribution in [3.8, 4) is 56.7 Å². The minimum absolute atomic E-state index is 0.559. The molecule has 0 atom stereocenters. The standard InChI is InChI=1S/C51H33N5/c1-5-18-34(19-6-1)37-24-17-25-38(32-37)50-52-49(36-22-9-3-10-23-36)53-51(54-50)56-44-30-15-13-28-40(44)43-33-42(35-20-7-2-8-21-35)46-41-29-14-16-31-45(41)55(48(46)47(43)56)39-26-11-4-12-27-39/h1-33H. The van der Waals surface area contributed by atoms with E-state index in [1.54, 1.807) is 0 Å². The van der Waals surface area contributed by atoms with Crippen molar-refractivity contribution in [2.45, 2.75) is 0 Å². The fourth-order valence-electron chi connectivity index (χ4n) is 8.27. The van der Waals surface area contributed by atoms with Gasteiger partial charge in [0.2, 0.25) is 5.95 Å². The van der Waals surface area contributed by atoms with Gasteiger partial charge in [-0.1, -0.05) is 164 Å². The lowest BCUT2D eigenvalue weighted by molar-refractivity contribution is 0.953. The van der Waals surface area contributed by atoms with Gasteiger partial charge in [0.05, 0.1) is 22.1 Å². The van der Waals surface area contributed by atoms with Crippen LogP contribution in [0.25, 0.3) is 100 Å². The molecule has 0 aliphatic heterocycles. The van der Waals surface area contributed by atoms with E-state index in [0.29, 0.717) is 17.6 Å². The molecule has 56 heavy (non-hydrogen) atoms. The van der Waals surface area contributed by atoms with Crippen LogP contribution in [0.5, 0.6) is 0 Å². The lowest BCUT2D eigenvalue weighted by Crippen LogP contribution is -2.07. The molecule has 11 aromatic rings. The summed E-state index contributed by atoms with van der Waals surface area (Å²) in [6.45, 7) is 0. The zero-order valence-corrected chi connectivity index (χ0v) is 30.3. The molecule has 5 heteroatoms. The summed E-state index contributed by atoms with van der Waals surface area (Å²) in [5, 5.41) is 4.62. The van der Waals surface area contributed by atoms with Crippen molar-refractivity contribution < 1.29 is 0 Å². The zero-order chi connectivity index (χ0) is 37.0. The molecule has 0 bridgehead atoms. The normalized spacial score (nSPS) is 11.6. The summed E-state index contributed by atoms with van der Waals surface area (Å²) in [6, 6.07) is 70.3. The predicted octanol–water partition coefficient (Wildman–Crippen LogP) is 12.7. The van der Waals surface area contributed by atoms with E-state index < -0.39 is 0 Å². The summed E-state index contributed by atoms with van der Waals surface area (Å²) in [7, 11) is 0. The van der Waals surface area contributed by atoms with Gasteiger partial charge in [0, 0.05) is 38.4 Å². The van der Waals surface area contributed by atoms with Gasteiger partial charge in [-0.3, -0.25) is 4.57 Å². The summed E-state index contributed by atoms with van der Waals surface area (Å²) in [4.78, 5) is 15.9. The Morgan fingerprint density at radius 2 is 0.839 bits per heavy atom. The summed E-state index contributed by atoms with van der Waals surface area (Å²) in [5.74, 6) is 1.78. The van der Waals surface area contributed by atoms with Crippen molar-refractivity contribution >= 4 is 43.6 Å². The largest absolute Gasteiger partial charge is 0.307 e. The molecule has 0 amide bonds. The van der Waals surface area contributed by atoms with Gasteiger partial charge in [-0.25, -0.2) is 4.98 Å². The highest BCUT2D eigenvalue weighted by atomic mass is 15.2. The molecular formula is C51H33N5. The summed E-state index contributed by atoms with van der Waals surface area (Å²) < 4.78 is 4.68. The van der Waals surface area contributed by atoms with Crippen LogP contribution < -0.4 is 0 Å². The Kier molecular flexibility index (Phi) is 7.42. The highest BCUT2D eigenvalue weighted by Crippen LogP contribution is 2.46. The second kappa shape index (κ2) is 13.0. The first-order chi connectivity index (χ1) is 27.8. The second-order valence-electron chi connectivity index (χ2n) is 14.0. The molecule has 8 aromatic carbocycles. The highest BCUT2D eigenvalue weighted by molar-refractivity contribution is 6.28. The molecule has 5 nitrogen and oxygen atoms in total. The first kappa shape index (κ1) is 31.9. The Morgan fingerprint density at radius 1 is 0.321 bits per heavy atom. The van der Waals surface area contributed by atoms with E-state index in [9.17, 15) is 0 Å². The molecule has 3 heterocycles. The van der Waals surface area contributed by atoms with Crippen molar-refractivity contribution in [2.24, 2.45) is 0 Å². The topological polar surface area (TPSA) is 48.5 Å².